The second-order valence-corrected chi connectivity index (χ2v) is 6.37. The molecule has 0 N–H and O–H groups in total. The van der Waals surface area contributed by atoms with Crippen molar-refractivity contribution in [3.8, 4) is 5.75 Å². The molecule has 0 aromatic heterocycles. The number of rotatable bonds is 1. The molecule has 0 aliphatic heterocycles. The minimum absolute atomic E-state index is 0.210. The number of Topliss-reactive ketones (excluding diaryl/α,β-unsaturated/α-hetero) is 1. The van der Waals surface area contributed by atoms with Crippen LogP contribution in [-0.4, -0.2) is 12.9 Å². The third kappa shape index (κ3) is 2.18. The zero-order chi connectivity index (χ0) is 13.5. The fraction of sp³-hybridized carbons (Fsp3) is 0.588. The molecule has 0 saturated heterocycles. The van der Waals surface area contributed by atoms with Gasteiger partial charge >= 0.3 is 0 Å². The summed E-state index contributed by atoms with van der Waals surface area (Å²) in [6.45, 7) is 2.32. The van der Waals surface area contributed by atoms with Crippen LogP contribution in [0.5, 0.6) is 5.75 Å². The second kappa shape index (κ2) is 4.66. The Morgan fingerprint density at radius 3 is 2.84 bits per heavy atom. The number of benzene rings is 1. The van der Waals surface area contributed by atoms with Crippen molar-refractivity contribution in [1.29, 1.82) is 0 Å². The molecular formula is C17H22O2. The van der Waals surface area contributed by atoms with E-state index >= 15 is 0 Å². The van der Waals surface area contributed by atoms with Crippen molar-refractivity contribution < 1.29 is 9.53 Å². The lowest BCUT2D eigenvalue weighted by molar-refractivity contribution is -0.130. The molecule has 0 unspecified atom stereocenters. The maximum atomic E-state index is 12.3. The Bertz CT molecular complexity index is 506. The highest BCUT2D eigenvalue weighted by atomic mass is 16.5. The Morgan fingerprint density at radius 1 is 1.21 bits per heavy atom. The number of ketones is 1. The zero-order valence-corrected chi connectivity index (χ0v) is 11.9. The first-order valence-electron chi connectivity index (χ1n) is 7.31. The summed E-state index contributed by atoms with van der Waals surface area (Å²) in [5, 5.41) is 0. The van der Waals surface area contributed by atoms with Crippen LogP contribution in [0.2, 0.25) is 0 Å². The van der Waals surface area contributed by atoms with Crippen LogP contribution in [0, 0.1) is 11.3 Å². The summed E-state index contributed by atoms with van der Waals surface area (Å²) in [6.07, 6.45) is 6.19. The molecule has 2 nitrogen and oxygen atoms in total. The van der Waals surface area contributed by atoms with Gasteiger partial charge in [-0.2, -0.15) is 0 Å². The first-order valence-corrected chi connectivity index (χ1v) is 7.31. The molecule has 0 radical (unpaired) electrons. The number of ether oxygens (including phenoxy) is 1. The second-order valence-electron chi connectivity index (χ2n) is 6.37. The number of carbonyl (C=O) groups is 1. The Labute approximate surface area is 115 Å². The average Bonchev–Trinajstić information content (AvgIpc) is 2.56. The van der Waals surface area contributed by atoms with Gasteiger partial charge in [0, 0.05) is 12.3 Å². The third-order valence-corrected chi connectivity index (χ3v) is 5.20. The summed E-state index contributed by atoms with van der Waals surface area (Å²) in [7, 11) is 1.71. The topological polar surface area (TPSA) is 26.3 Å². The number of carbonyl (C=O) groups excluding carboxylic acids is 1. The van der Waals surface area contributed by atoms with Crippen molar-refractivity contribution in [3.05, 3.63) is 29.3 Å². The maximum absolute atomic E-state index is 12.3. The van der Waals surface area contributed by atoms with Crippen molar-refractivity contribution in [2.45, 2.75) is 45.4 Å². The van der Waals surface area contributed by atoms with E-state index in [1.807, 2.05) is 6.07 Å². The molecule has 0 amide bonds. The summed E-state index contributed by atoms with van der Waals surface area (Å²) in [6, 6.07) is 6.33. The molecule has 0 spiro atoms. The van der Waals surface area contributed by atoms with Crippen molar-refractivity contribution in [3.63, 3.8) is 0 Å². The Hall–Kier alpha value is -1.31. The SMILES string of the molecule is COc1ccc2c(c1)CC[C@@]1(C)CCCC(=O)[C@@H]1C2. The number of hydrogen-bond donors (Lipinski definition) is 0. The van der Waals surface area contributed by atoms with Crippen LogP contribution in [0.3, 0.4) is 0 Å². The summed E-state index contributed by atoms with van der Waals surface area (Å²) in [5.74, 6) is 1.65. The van der Waals surface area contributed by atoms with Crippen molar-refractivity contribution in [1.82, 2.24) is 0 Å². The van der Waals surface area contributed by atoms with Gasteiger partial charge in [-0.15, -0.1) is 0 Å². The molecule has 102 valence electrons. The van der Waals surface area contributed by atoms with E-state index < -0.39 is 0 Å². The van der Waals surface area contributed by atoms with Gasteiger partial charge in [-0.1, -0.05) is 13.0 Å². The standard InChI is InChI=1S/C17H22O2/c1-17-8-3-4-16(18)15(17)11-12-5-6-14(19-2)10-13(12)7-9-17/h5-6,10,15H,3-4,7-9,11H2,1-2H3/t15-,17+/m0/s1. The molecule has 3 rings (SSSR count). The summed E-state index contributed by atoms with van der Waals surface area (Å²) in [5.41, 5.74) is 2.94. The Kier molecular flexibility index (Phi) is 3.12. The van der Waals surface area contributed by atoms with E-state index in [9.17, 15) is 4.79 Å². The van der Waals surface area contributed by atoms with Crippen LogP contribution in [-0.2, 0) is 17.6 Å². The van der Waals surface area contributed by atoms with Gasteiger partial charge in [0.1, 0.15) is 11.5 Å². The van der Waals surface area contributed by atoms with E-state index in [1.165, 1.54) is 17.5 Å². The van der Waals surface area contributed by atoms with Crippen LogP contribution in [0.25, 0.3) is 0 Å². The smallest absolute Gasteiger partial charge is 0.136 e. The molecule has 1 saturated carbocycles. The molecular weight excluding hydrogens is 236 g/mol. The number of aryl methyl sites for hydroxylation is 1. The lowest BCUT2D eigenvalue weighted by Crippen LogP contribution is -2.38. The number of hydrogen-bond acceptors (Lipinski definition) is 2. The summed E-state index contributed by atoms with van der Waals surface area (Å²) in [4.78, 5) is 12.3. The van der Waals surface area contributed by atoms with E-state index in [0.29, 0.717) is 5.78 Å². The Morgan fingerprint density at radius 2 is 2.05 bits per heavy atom. The zero-order valence-electron chi connectivity index (χ0n) is 11.9. The molecule has 2 aliphatic rings. The van der Waals surface area contributed by atoms with Gasteiger partial charge < -0.3 is 4.74 Å². The predicted molar refractivity (Wildman–Crippen MR) is 75.5 cm³/mol. The van der Waals surface area contributed by atoms with Crippen molar-refractivity contribution >= 4 is 5.78 Å². The van der Waals surface area contributed by atoms with Crippen molar-refractivity contribution in [2.24, 2.45) is 11.3 Å². The van der Waals surface area contributed by atoms with E-state index in [2.05, 4.69) is 19.1 Å². The molecule has 2 aliphatic carbocycles. The monoisotopic (exact) mass is 258 g/mol. The van der Waals surface area contributed by atoms with E-state index in [4.69, 9.17) is 4.74 Å². The summed E-state index contributed by atoms with van der Waals surface area (Å²) >= 11 is 0. The molecule has 2 heteroatoms. The average molecular weight is 258 g/mol. The predicted octanol–water partition coefficient (Wildman–Crippen LogP) is 3.56. The Balaban J connectivity index is 1.97. The maximum Gasteiger partial charge on any atom is 0.136 e. The van der Waals surface area contributed by atoms with Gasteiger partial charge in [0.2, 0.25) is 0 Å². The fourth-order valence-corrected chi connectivity index (χ4v) is 3.86. The fourth-order valence-electron chi connectivity index (χ4n) is 3.86. The van der Waals surface area contributed by atoms with E-state index in [1.54, 1.807) is 7.11 Å². The molecule has 0 heterocycles. The molecule has 19 heavy (non-hydrogen) atoms. The lowest BCUT2D eigenvalue weighted by Gasteiger charge is -2.39. The van der Waals surface area contributed by atoms with E-state index in [-0.39, 0.29) is 11.3 Å². The van der Waals surface area contributed by atoms with Gasteiger partial charge in [-0.25, -0.2) is 0 Å². The molecule has 1 aromatic rings. The van der Waals surface area contributed by atoms with Crippen molar-refractivity contribution in [2.75, 3.05) is 7.11 Å². The molecule has 1 fully saturated rings. The highest BCUT2D eigenvalue weighted by Crippen LogP contribution is 2.46. The van der Waals surface area contributed by atoms with Crippen LogP contribution in [0.1, 0.15) is 43.7 Å². The van der Waals surface area contributed by atoms with E-state index in [0.717, 1.165) is 37.9 Å². The minimum atomic E-state index is 0.210. The van der Waals surface area contributed by atoms with Crippen LogP contribution >= 0.6 is 0 Å². The number of fused-ring (bicyclic) bond motifs is 2. The first-order chi connectivity index (χ1) is 9.12. The minimum Gasteiger partial charge on any atom is -0.497 e. The highest BCUT2D eigenvalue weighted by Gasteiger charge is 2.42. The quantitative estimate of drug-likeness (QED) is 0.770. The van der Waals surface area contributed by atoms with Gasteiger partial charge in [-0.3, -0.25) is 4.79 Å². The lowest BCUT2D eigenvalue weighted by atomic mass is 9.64. The molecule has 1 aromatic carbocycles. The molecule has 2 atom stereocenters. The van der Waals surface area contributed by atoms with Crippen LogP contribution in [0.4, 0.5) is 0 Å². The largest absolute Gasteiger partial charge is 0.497 e. The van der Waals surface area contributed by atoms with Gasteiger partial charge in [0.05, 0.1) is 7.11 Å². The van der Waals surface area contributed by atoms with Gasteiger partial charge in [0.25, 0.3) is 0 Å². The van der Waals surface area contributed by atoms with Gasteiger partial charge in [0.15, 0.2) is 0 Å². The van der Waals surface area contributed by atoms with Crippen LogP contribution < -0.4 is 4.74 Å². The van der Waals surface area contributed by atoms with Crippen LogP contribution in [0.15, 0.2) is 18.2 Å². The highest BCUT2D eigenvalue weighted by molar-refractivity contribution is 5.83. The summed E-state index contributed by atoms with van der Waals surface area (Å²) < 4.78 is 5.32. The molecule has 0 bridgehead atoms. The third-order valence-electron chi connectivity index (χ3n) is 5.20. The normalized spacial score (nSPS) is 30.2. The number of methoxy groups -OCH3 is 1. The van der Waals surface area contributed by atoms with Gasteiger partial charge in [-0.05, 0) is 60.8 Å². The first kappa shape index (κ1) is 12.7.